The molecule has 1 aliphatic carbocycles. The molecular formula is C30H26FN7O. The lowest BCUT2D eigenvalue weighted by Gasteiger charge is -2.20. The van der Waals surface area contributed by atoms with Crippen molar-refractivity contribution in [2.24, 2.45) is 5.92 Å². The van der Waals surface area contributed by atoms with Gasteiger partial charge < -0.3 is 15.4 Å². The molecule has 194 valence electrons. The van der Waals surface area contributed by atoms with Gasteiger partial charge in [-0.3, -0.25) is 15.1 Å². The molecule has 4 aromatic heterocycles. The summed E-state index contributed by atoms with van der Waals surface area (Å²) in [6.45, 7) is 0. The maximum absolute atomic E-state index is 13.9. The van der Waals surface area contributed by atoms with E-state index in [2.05, 4.69) is 36.5 Å². The van der Waals surface area contributed by atoms with Gasteiger partial charge in [-0.15, -0.1) is 0 Å². The smallest absolute Gasteiger partial charge is 0.159 e. The van der Waals surface area contributed by atoms with Crippen LogP contribution in [0.5, 0.6) is 0 Å². The van der Waals surface area contributed by atoms with Crippen LogP contribution in [0.1, 0.15) is 25.7 Å². The van der Waals surface area contributed by atoms with Crippen molar-refractivity contribution < 1.29 is 9.50 Å². The van der Waals surface area contributed by atoms with Crippen molar-refractivity contribution in [2.75, 3.05) is 5.32 Å². The number of rotatable bonds is 6. The van der Waals surface area contributed by atoms with Gasteiger partial charge in [-0.2, -0.15) is 5.10 Å². The number of benzene rings is 2. The standard InChI is InChI=1S/C30H26FN7O/c31-21-7-3-6-19(12-21)26-28-25(10-11-33-26)35-29(36-28)27-23-14-18(8-9-24(23)37-38-27)20-13-22(16-32-15-20)34-30(39)17-4-1-2-5-17/h3,6-17,30,34,39H,1-2,4-5H2,(H,35,36)(H,37,38). The minimum Gasteiger partial charge on any atom is -0.374 e. The fourth-order valence-corrected chi connectivity index (χ4v) is 5.51. The number of H-pyrrole nitrogens is 2. The van der Waals surface area contributed by atoms with E-state index in [9.17, 15) is 9.50 Å². The van der Waals surface area contributed by atoms with E-state index in [0.717, 1.165) is 46.1 Å². The lowest BCUT2D eigenvalue weighted by Crippen LogP contribution is -2.26. The molecule has 1 fully saturated rings. The van der Waals surface area contributed by atoms with E-state index in [1.165, 1.54) is 25.0 Å². The number of pyridine rings is 2. The van der Waals surface area contributed by atoms with Crippen molar-refractivity contribution in [3.05, 3.63) is 79.0 Å². The molecule has 0 aliphatic heterocycles. The molecule has 0 bridgehead atoms. The number of aromatic amines is 2. The van der Waals surface area contributed by atoms with E-state index in [0.29, 0.717) is 28.3 Å². The van der Waals surface area contributed by atoms with E-state index >= 15 is 0 Å². The number of aliphatic hydroxyl groups excluding tert-OH is 1. The largest absolute Gasteiger partial charge is 0.374 e. The number of nitrogens with one attached hydrogen (secondary N) is 3. The van der Waals surface area contributed by atoms with Crippen molar-refractivity contribution in [3.63, 3.8) is 0 Å². The number of halogens is 1. The molecule has 0 amide bonds. The normalized spacial score (nSPS) is 14.8. The lowest BCUT2D eigenvalue weighted by atomic mass is 10.0. The van der Waals surface area contributed by atoms with Gasteiger partial charge in [-0.05, 0) is 54.8 Å². The van der Waals surface area contributed by atoms with Crippen molar-refractivity contribution in [1.82, 2.24) is 30.1 Å². The predicted octanol–water partition coefficient (Wildman–Crippen LogP) is 6.29. The molecule has 4 N–H and O–H groups in total. The fourth-order valence-electron chi connectivity index (χ4n) is 5.51. The van der Waals surface area contributed by atoms with Crippen LogP contribution in [0.15, 0.2) is 73.2 Å². The highest BCUT2D eigenvalue weighted by Crippen LogP contribution is 2.33. The summed E-state index contributed by atoms with van der Waals surface area (Å²) in [4.78, 5) is 17.1. The molecule has 0 radical (unpaired) electrons. The van der Waals surface area contributed by atoms with Crippen LogP contribution in [0.3, 0.4) is 0 Å². The summed E-state index contributed by atoms with van der Waals surface area (Å²) >= 11 is 0. The number of imidazole rings is 1. The molecule has 39 heavy (non-hydrogen) atoms. The molecule has 1 unspecified atom stereocenters. The summed E-state index contributed by atoms with van der Waals surface area (Å²) in [6.07, 6.45) is 9.08. The average Bonchev–Trinajstić information content (AvgIpc) is 3.72. The molecule has 6 aromatic rings. The molecule has 1 saturated carbocycles. The Hall–Kier alpha value is -4.63. The second-order valence-corrected chi connectivity index (χ2v) is 10.1. The summed E-state index contributed by atoms with van der Waals surface area (Å²) < 4.78 is 13.9. The van der Waals surface area contributed by atoms with Crippen LogP contribution < -0.4 is 5.32 Å². The van der Waals surface area contributed by atoms with Crippen molar-refractivity contribution in [1.29, 1.82) is 0 Å². The Bertz CT molecular complexity index is 1800. The number of anilines is 1. The van der Waals surface area contributed by atoms with E-state index in [4.69, 9.17) is 4.98 Å². The first kappa shape index (κ1) is 23.5. The monoisotopic (exact) mass is 519 g/mol. The first-order valence-corrected chi connectivity index (χ1v) is 13.1. The lowest BCUT2D eigenvalue weighted by molar-refractivity contribution is 0.137. The molecule has 8 nitrogen and oxygen atoms in total. The van der Waals surface area contributed by atoms with E-state index in [1.54, 1.807) is 18.5 Å². The Morgan fingerprint density at radius 1 is 0.923 bits per heavy atom. The Morgan fingerprint density at radius 3 is 2.69 bits per heavy atom. The van der Waals surface area contributed by atoms with Crippen LogP contribution in [-0.2, 0) is 0 Å². The topological polar surface area (TPSA) is 115 Å². The second kappa shape index (κ2) is 9.59. The number of nitrogens with zero attached hydrogens (tertiary/aromatic N) is 4. The predicted molar refractivity (Wildman–Crippen MR) is 149 cm³/mol. The molecule has 4 heterocycles. The Balaban J connectivity index is 1.24. The zero-order chi connectivity index (χ0) is 26.3. The van der Waals surface area contributed by atoms with Gasteiger partial charge in [0.25, 0.3) is 0 Å². The highest BCUT2D eigenvalue weighted by molar-refractivity contribution is 5.97. The Morgan fingerprint density at radius 2 is 1.82 bits per heavy atom. The van der Waals surface area contributed by atoms with Gasteiger partial charge >= 0.3 is 0 Å². The first-order valence-electron chi connectivity index (χ1n) is 13.1. The number of hydrogen-bond donors (Lipinski definition) is 4. The van der Waals surface area contributed by atoms with Gasteiger partial charge in [0, 0.05) is 34.8 Å². The molecular weight excluding hydrogens is 493 g/mol. The molecule has 0 saturated heterocycles. The van der Waals surface area contributed by atoms with E-state index < -0.39 is 6.23 Å². The van der Waals surface area contributed by atoms with Gasteiger partial charge in [0.15, 0.2) is 5.82 Å². The van der Waals surface area contributed by atoms with Crippen molar-refractivity contribution in [3.8, 4) is 33.9 Å². The third kappa shape index (κ3) is 4.40. The maximum atomic E-state index is 13.9. The Labute approximate surface area is 223 Å². The van der Waals surface area contributed by atoms with Gasteiger partial charge in [-0.25, -0.2) is 9.37 Å². The molecule has 7 rings (SSSR count). The first-order chi connectivity index (χ1) is 19.1. The summed E-state index contributed by atoms with van der Waals surface area (Å²) in [5, 5.41) is 22.4. The molecule has 2 aromatic carbocycles. The second-order valence-electron chi connectivity index (χ2n) is 10.1. The molecule has 1 aliphatic rings. The van der Waals surface area contributed by atoms with Crippen LogP contribution in [0, 0.1) is 11.7 Å². The third-order valence-corrected chi connectivity index (χ3v) is 7.52. The minimum absolute atomic E-state index is 0.277. The highest BCUT2D eigenvalue weighted by Gasteiger charge is 2.23. The van der Waals surface area contributed by atoms with Gasteiger partial charge in [0.1, 0.15) is 23.3 Å². The van der Waals surface area contributed by atoms with E-state index in [1.807, 2.05) is 36.5 Å². The average molecular weight is 520 g/mol. The zero-order valence-electron chi connectivity index (χ0n) is 21.0. The number of aliphatic hydroxyl groups is 1. The quantitative estimate of drug-likeness (QED) is 0.192. The fraction of sp³-hybridized carbons (Fsp3) is 0.200. The maximum Gasteiger partial charge on any atom is 0.159 e. The van der Waals surface area contributed by atoms with Crippen LogP contribution in [0.25, 0.3) is 55.8 Å². The zero-order valence-corrected chi connectivity index (χ0v) is 21.0. The minimum atomic E-state index is -0.577. The van der Waals surface area contributed by atoms with Crippen LogP contribution in [-0.4, -0.2) is 41.5 Å². The van der Waals surface area contributed by atoms with Gasteiger partial charge in [0.2, 0.25) is 0 Å². The van der Waals surface area contributed by atoms with Gasteiger partial charge in [-0.1, -0.05) is 31.0 Å². The van der Waals surface area contributed by atoms with Crippen LogP contribution >= 0.6 is 0 Å². The van der Waals surface area contributed by atoms with Crippen molar-refractivity contribution >= 4 is 27.6 Å². The SMILES string of the molecule is OC(Nc1cncc(-c2ccc3[nH]nc(-c4nc5c(-c6cccc(F)c6)nccc5[nH]4)c3c2)c1)C1CCCC1. The molecule has 0 spiro atoms. The number of hydrogen-bond acceptors (Lipinski definition) is 6. The number of fused-ring (bicyclic) bond motifs is 2. The summed E-state index contributed by atoms with van der Waals surface area (Å²) in [7, 11) is 0. The van der Waals surface area contributed by atoms with Crippen molar-refractivity contribution in [2.45, 2.75) is 31.9 Å². The molecule has 1 atom stereocenters. The Kier molecular flexibility index (Phi) is 5.78. The van der Waals surface area contributed by atoms with Crippen LogP contribution in [0.4, 0.5) is 10.1 Å². The summed E-state index contributed by atoms with van der Waals surface area (Å²) in [6, 6.07) is 16.3. The number of aromatic nitrogens is 6. The third-order valence-electron chi connectivity index (χ3n) is 7.52. The highest BCUT2D eigenvalue weighted by atomic mass is 19.1. The molecule has 9 heteroatoms. The van der Waals surface area contributed by atoms with E-state index in [-0.39, 0.29) is 11.7 Å². The van der Waals surface area contributed by atoms with Crippen LogP contribution in [0.2, 0.25) is 0 Å². The van der Waals surface area contributed by atoms with Gasteiger partial charge in [0.05, 0.1) is 28.6 Å². The summed E-state index contributed by atoms with van der Waals surface area (Å²) in [5.41, 5.74) is 6.92. The summed E-state index contributed by atoms with van der Waals surface area (Å²) in [5.74, 6) is 0.543.